The molecular formula is C14H10Cl3N3O2. The molecule has 2 rings (SSSR count). The number of amides is 3. The Labute approximate surface area is 141 Å². The first-order chi connectivity index (χ1) is 10.5. The van der Waals surface area contributed by atoms with Crippen LogP contribution in [0.1, 0.15) is 10.4 Å². The van der Waals surface area contributed by atoms with E-state index in [2.05, 4.69) is 16.2 Å². The van der Waals surface area contributed by atoms with Crippen molar-refractivity contribution in [3.05, 3.63) is 63.1 Å². The van der Waals surface area contributed by atoms with Crippen LogP contribution in [0.4, 0.5) is 10.5 Å². The third-order valence-electron chi connectivity index (χ3n) is 2.58. The lowest BCUT2D eigenvalue weighted by molar-refractivity contribution is 0.0938. The number of hydrazine groups is 1. The smallest absolute Gasteiger partial charge is 0.307 e. The molecule has 0 unspecified atom stereocenters. The lowest BCUT2D eigenvalue weighted by atomic mass is 10.2. The second kappa shape index (κ2) is 7.35. The van der Waals surface area contributed by atoms with Crippen LogP contribution in [0.3, 0.4) is 0 Å². The molecule has 0 aliphatic carbocycles. The highest BCUT2D eigenvalue weighted by Crippen LogP contribution is 2.23. The second-order valence-electron chi connectivity index (χ2n) is 4.14. The Kier molecular flexibility index (Phi) is 5.49. The molecule has 0 atom stereocenters. The van der Waals surface area contributed by atoms with E-state index in [-0.39, 0.29) is 15.6 Å². The van der Waals surface area contributed by atoms with Crippen molar-refractivity contribution < 1.29 is 9.59 Å². The van der Waals surface area contributed by atoms with E-state index in [1.165, 1.54) is 12.1 Å². The van der Waals surface area contributed by atoms with Gasteiger partial charge < -0.3 is 5.32 Å². The maximum Gasteiger partial charge on any atom is 0.337 e. The summed E-state index contributed by atoms with van der Waals surface area (Å²) in [6.07, 6.45) is 0. The van der Waals surface area contributed by atoms with Gasteiger partial charge in [0.1, 0.15) is 0 Å². The largest absolute Gasteiger partial charge is 0.337 e. The third kappa shape index (κ3) is 4.27. The van der Waals surface area contributed by atoms with E-state index >= 15 is 0 Å². The number of hydrogen-bond donors (Lipinski definition) is 3. The van der Waals surface area contributed by atoms with Crippen LogP contribution in [0.5, 0.6) is 0 Å². The molecule has 0 heterocycles. The van der Waals surface area contributed by atoms with Gasteiger partial charge in [0.15, 0.2) is 0 Å². The molecule has 0 aliphatic heterocycles. The van der Waals surface area contributed by atoms with Gasteiger partial charge in [-0.1, -0.05) is 40.9 Å². The summed E-state index contributed by atoms with van der Waals surface area (Å²) in [5.74, 6) is -0.623. The van der Waals surface area contributed by atoms with Crippen molar-refractivity contribution >= 4 is 52.4 Å². The standard InChI is InChI=1S/C14H10Cl3N3O2/c15-8-4-6-9(7-5-8)18-14(22)20-19-13(21)12-10(16)2-1-3-11(12)17/h1-7H,(H,19,21)(H2,18,20,22). The van der Waals surface area contributed by atoms with Crippen molar-refractivity contribution in [3.8, 4) is 0 Å². The normalized spacial score (nSPS) is 9.95. The first kappa shape index (κ1) is 16.4. The SMILES string of the molecule is O=C(NNC(=O)c1c(Cl)cccc1Cl)Nc1ccc(Cl)cc1. The summed E-state index contributed by atoms with van der Waals surface area (Å²) < 4.78 is 0. The van der Waals surface area contributed by atoms with E-state index in [9.17, 15) is 9.59 Å². The molecule has 114 valence electrons. The van der Waals surface area contributed by atoms with Crippen molar-refractivity contribution in [2.45, 2.75) is 0 Å². The number of benzene rings is 2. The highest BCUT2D eigenvalue weighted by atomic mass is 35.5. The molecular weight excluding hydrogens is 349 g/mol. The van der Waals surface area contributed by atoms with Crippen LogP contribution in [-0.4, -0.2) is 11.9 Å². The summed E-state index contributed by atoms with van der Waals surface area (Å²) in [6, 6.07) is 10.5. The van der Waals surface area contributed by atoms with E-state index < -0.39 is 11.9 Å². The van der Waals surface area contributed by atoms with Crippen LogP contribution in [-0.2, 0) is 0 Å². The lowest BCUT2D eigenvalue weighted by Crippen LogP contribution is -2.44. The predicted octanol–water partition coefficient (Wildman–Crippen LogP) is 4.11. The van der Waals surface area contributed by atoms with Crippen LogP contribution in [0.2, 0.25) is 15.1 Å². The fourth-order valence-corrected chi connectivity index (χ4v) is 2.28. The van der Waals surface area contributed by atoms with Crippen LogP contribution < -0.4 is 16.2 Å². The average molecular weight is 359 g/mol. The summed E-state index contributed by atoms with van der Waals surface area (Å²) in [6.45, 7) is 0. The first-order valence-corrected chi connectivity index (χ1v) is 7.17. The van der Waals surface area contributed by atoms with E-state index in [1.807, 2.05) is 0 Å². The predicted molar refractivity (Wildman–Crippen MR) is 87.5 cm³/mol. The van der Waals surface area contributed by atoms with E-state index in [1.54, 1.807) is 30.3 Å². The fraction of sp³-hybridized carbons (Fsp3) is 0. The number of carbonyl (C=O) groups is 2. The topological polar surface area (TPSA) is 70.2 Å². The molecule has 0 spiro atoms. The molecule has 0 radical (unpaired) electrons. The Balaban J connectivity index is 1.93. The highest BCUT2D eigenvalue weighted by molar-refractivity contribution is 6.39. The van der Waals surface area contributed by atoms with Gasteiger partial charge in [0.05, 0.1) is 15.6 Å². The minimum absolute atomic E-state index is 0.0811. The van der Waals surface area contributed by atoms with Gasteiger partial charge in [0, 0.05) is 10.7 Å². The van der Waals surface area contributed by atoms with Gasteiger partial charge in [0.2, 0.25) is 0 Å². The molecule has 2 aromatic carbocycles. The number of nitrogens with one attached hydrogen (secondary N) is 3. The van der Waals surface area contributed by atoms with Gasteiger partial charge in [0.25, 0.3) is 5.91 Å². The Hall–Kier alpha value is -1.95. The minimum atomic E-state index is -0.626. The summed E-state index contributed by atoms with van der Waals surface area (Å²) in [4.78, 5) is 23.6. The molecule has 0 saturated heterocycles. The van der Waals surface area contributed by atoms with Gasteiger partial charge in [-0.05, 0) is 36.4 Å². The number of rotatable bonds is 2. The van der Waals surface area contributed by atoms with E-state index in [0.717, 1.165) is 0 Å². The molecule has 2 aromatic rings. The maximum absolute atomic E-state index is 11.9. The summed E-state index contributed by atoms with van der Waals surface area (Å²) in [5, 5.41) is 3.43. The number of carbonyl (C=O) groups excluding carboxylic acids is 2. The van der Waals surface area contributed by atoms with E-state index in [0.29, 0.717) is 10.7 Å². The fourth-order valence-electron chi connectivity index (χ4n) is 1.59. The summed E-state index contributed by atoms with van der Waals surface area (Å²) in [7, 11) is 0. The monoisotopic (exact) mass is 357 g/mol. The zero-order chi connectivity index (χ0) is 16.1. The minimum Gasteiger partial charge on any atom is -0.307 e. The molecule has 3 N–H and O–H groups in total. The van der Waals surface area contributed by atoms with Crippen molar-refractivity contribution in [1.29, 1.82) is 0 Å². The van der Waals surface area contributed by atoms with E-state index in [4.69, 9.17) is 34.8 Å². The van der Waals surface area contributed by atoms with Crippen LogP contribution in [0.15, 0.2) is 42.5 Å². The average Bonchev–Trinajstić information content (AvgIpc) is 2.47. The van der Waals surface area contributed by atoms with Crippen molar-refractivity contribution in [2.75, 3.05) is 5.32 Å². The molecule has 0 aliphatic rings. The molecule has 0 bridgehead atoms. The van der Waals surface area contributed by atoms with Crippen LogP contribution >= 0.6 is 34.8 Å². The zero-order valence-corrected chi connectivity index (χ0v) is 13.3. The molecule has 0 aromatic heterocycles. The van der Waals surface area contributed by atoms with Gasteiger partial charge >= 0.3 is 6.03 Å². The quantitative estimate of drug-likeness (QED) is 0.707. The summed E-state index contributed by atoms with van der Waals surface area (Å²) >= 11 is 17.5. The number of halogens is 3. The Morgan fingerprint density at radius 3 is 2.00 bits per heavy atom. The molecule has 3 amide bonds. The van der Waals surface area contributed by atoms with Crippen molar-refractivity contribution in [1.82, 2.24) is 10.9 Å². The second-order valence-corrected chi connectivity index (χ2v) is 5.39. The third-order valence-corrected chi connectivity index (χ3v) is 3.46. The number of hydrogen-bond acceptors (Lipinski definition) is 2. The Bertz CT molecular complexity index is 685. The van der Waals surface area contributed by atoms with Gasteiger partial charge in [-0.25, -0.2) is 10.2 Å². The number of urea groups is 1. The first-order valence-electron chi connectivity index (χ1n) is 6.04. The summed E-state index contributed by atoms with van der Waals surface area (Å²) in [5.41, 5.74) is 5.02. The molecule has 0 saturated carbocycles. The van der Waals surface area contributed by atoms with Gasteiger partial charge in [-0.15, -0.1) is 0 Å². The highest BCUT2D eigenvalue weighted by Gasteiger charge is 2.14. The molecule has 0 fully saturated rings. The van der Waals surface area contributed by atoms with Crippen molar-refractivity contribution in [3.63, 3.8) is 0 Å². The Morgan fingerprint density at radius 1 is 0.818 bits per heavy atom. The van der Waals surface area contributed by atoms with Crippen LogP contribution in [0.25, 0.3) is 0 Å². The maximum atomic E-state index is 11.9. The van der Waals surface area contributed by atoms with Crippen LogP contribution in [0, 0.1) is 0 Å². The van der Waals surface area contributed by atoms with Gasteiger partial charge in [-0.2, -0.15) is 0 Å². The molecule has 22 heavy (non-hydrogen) atoms. The zero-order valence-electron chi connectivity index (χ0n) is 11.0. The number of anilines is 1. The Morgan fingerprint density at radius 2 is 1.41 bits per heavy atom. The van der Waals surface area contributed by atoms with Gasteiger partial charge in [-0.3, -0.25) is 10.2 Å². The molecule has 5 nitrogen and oxygen atoms in total. The molecule has 8 heteroatoms. The lowest BCUT2D eigenvalue weighted by Gasteiger charge is -2.10. The van der Waals surface area contributed by atoms with Crippen molar-refractivity contribution in [2.24, 2.45) is 0 Å².